The number of amides is 1. The Bertz CT molecular complexity index is 1480. The summed E-state index contributed by atoms with van der Waals surface area (Å²) in [5.74, 6) is -1.12. The van der Waals surface area contributed by atoms with Crippen molar-refractivity contribution in [1.29, 1.82) is 5.26 Å². The lowest BCUT2D eigenvalue weighted by Crippen LogP contribution is -2.53. The zero-order valence-corrected chi connectivity index (χ0v) is 19.3. The summed E-state index contributed by atoms with van der Waals surface area (Å²) in [6.07, 6.45) is 2.78. The molecule has 0 aromatic heterocycles. The van der Waals surface area contributed by atoms with Gasteiger partial charge >= 0.3 is 0 Å². The lowest BCUT2D eigenvalue weighted by Gasteiger charge is -2.44. The SMILES string of the molecule is N#Cc1ccc2c(c1)S(=O)(=O)N=C(C1=C(O)[C@@H]3[C@H]4CC[C@H](C4)[C@@H]3N(Cc3ccc(F)cc3)C1=O)N2. The molecule has 2 aromatic carbocycles. The number of hydrogen-bond acceptors (Lipinski definition) is 6. The number of nitrogens with zero attached hydrogens (tertiary/aromatic N) is 3. The van der Waals surface area contributed by atoms with E-state index in [9.17, 15) is 22.7 Å². The number of carbonyl (C=O) groups excluding carboxylic acids is 1. The van der Waals surface area contributed by atoms with Gasteiger partial charge < -0.3 is 15.3 Å². The van der Waals surface area contributed by atoms with Crippen molar-refractivity contribution in [1.82, 2.24) is 4.90 Å². The summed E-state index contributed by atoms with van der Waals surface area (Å²) < 4.78 is 43.2. The molecular formula is C25H21FN4O4S. The zero-order valence-electron chi connectivity index (χ0n) is 18.5. The predicted molar refractivity (Wildman–Crippen MR) is 124 cm³/mol. The quantitative estimate of drug-likeness (QED) is 0.676. The fourth-order valence-corrected chi connectivity index (χ4v) is 7.32. The highest BCUT2D eigenvalue weighted by Crippen LogP contribution is 2.55. The monoisotopic (exact) mass is 492 g/mol. The van der Waals surface area contributed by atoms with E-state index in [1.807, 2.05) is 6.07 Å². The van der Waals surface area contributed by atoms with Crippen LogP contribution in [0.1, 0.15) is 30.4 Å². The largest absolute Gasteiger partial charge is 0.511 e. The second kappa shape index (κ2) is 7.65. The molecule has 35 heavy (non-hydrogen) atoms. The minimum atomic E-state index is -4.22. The number of carbonyl (C=O) groups is 1. The van der Waals surface area contributed by atoms with E-state index in [1.165, 1.54) is 30.3 Å². The molecule has 2 aliphatic carbocycles. The number of rotatable bonds is 3. The molecule has 4 atom stereocenters. The van der Waals surface area contributed by atoms with E-state index < -0.39 is 15.9 Å². The maximum Gasteiger partial charge on any atom is 0.286 e. The van der Waals surface area contributed by atoms with Gasteiger partial charge in [0.25, 0.3) is 15.9 Å². The van der Waals surface area contributed by atoms with Gasteiger partial charge in [0.05, 0.1) is 17.3 Å². The number of aliphatic hydroxyl groups excluding tert-OH is 1. The van der Waals surface area contributed by atoms with E-state index in [0.29, 0.717) is 0 Å². The molecule has 0 unspecified atom stereocenters. The van der Waals surface area contributed by atoms with Gasteiger partial charge in [-0.15, -0.1) is 4.40 Å². The molecule has 2 fully saturated rings. The highest BCUT2D eigenvalue weighted by Gasteiger charge is 2.57. The summed E-state index contributed by atoms with van der Waals surface area (Å²) in [7, 11) is -4.22. The predicted octanol–water partition coefficient (Wildman–Crippen LogP) is 3.48. The van der Waals surface area contributed by atoms with Crippen LogP contribution in [0.2, 0.25) is 0 Å². The first kappa shape index (κ1) is 21.8. The number of anilines is 1. The van der Waals surface area contributed by atoms with Crippen molar-refractivity contribution in [3.05, 3.63) is 70.7 Å². The molecule has 2 aliphatic heterocycles. The molecule has 0 radical (unpaired) electrons. The third kappa shape index (κ3) is 3.33. The molecule has 2 N–H and O–H groups in total. The molecular weight excluding hydrogens is 471 g/mol. The Morgan fingerprint density at radius 2 is 1.91 bits per heavy atom. The Morgan fingerprint density at radius 1 is 1.17 bits per heavy atom. The van der Waals surface area contributed by atoms with Gasteiger partial charge in [-0.1, -0.05) is 12.1 Å². The smallest absolute Gasteiger partial charge is 0.286 e. The summed E-state index contributed by atoms with van der Waals surface area (Å²) in [5.41, 5.74) is 0.933. The summed E-state index contributed by atoms with van der Waals surface area (Å²) in [5, 5.41) is 23.4. The number of nitriles is 1. The maximum absolute atomic E-state index is 13.8. The van der Waals surface area contributed by atoms with Crippen molar-refractivity contribution >= 4 is 27.5 Å². The molecule has 6 rings (SSSR count). The van der Waals surface area contributed by atoms with Crippen LogP contribution in [0.3, 0.4) is 0 Å². The Balaban J connectivity index is 1.44. The molecule has 2 saturated carbocycles. The van der Waals surface area contributed by atoms with Crippen molar-refractivity contribution in [3.8, 4) is 6.07 Å². The van der Waals surface area contributed by atoms with Crippen LogP contribution < -0.4 is 5.32 Å². The van der Waals surface area contributed by atoms with E-state index in [4.69, 9.17) is 5.26 Å². The number of amidine groups is 1. The Hall–Kier alpha value is -3.71. The second-order valence-corrected chi connectivity index (χ2v) is 11.1. The van der Waals surface area contributed by atoms with Gasteiger partial charge in [-0.2, -0.15) is 13.7 Å². The van der Waals surface area contributed by atoms with Crippen LogP contribution in [0, 0.1) is 34.9 Å². The Morgan fingerprint density at radius 3 is 2.66 bits per heavy atom. The summed E-state index contributed by atoms with van der Waals surface area (Å²) in [6, 6.07) is 11.7. The van der Waals surface area contributed by atoms with E-state index in [-0.39, 0.29) is 69.5 Å². The summed E-state index contributed by atoms with van der Waals surface area (Å²) in [4.78, 5) is 15.3. The fourth-order valence-electron chi connectivity index (χ4n) is 6.17. The number of nitrogens with one attached hydrogen (secondary N) is 1. The molecule has 8 nitrogen and oxygen atoms in total. The molecule has 2 heterocycles. The Kier molecular flexibility index (Phi) is 4.76. The number of sulfonamides is 1. The molecule has 2 bridgehead atoms. The van der Waals surface area contributed by atoms with Crippen LogP contribution >= 0.6 is 0 Å². The van der Waals surface area contributed by atoms with Gasteiger partial charge in [0.1, 0.15) is 22.0 Å². The first-order valence-corrected chi connectivity index (χ1v) is 12.9. The van der Waals surface area contributed by atoms with E-state index in [1.54, 1.807) is 17.0 Å². The second-order valence-electron chi connectivity index (χ2n) is 9.53. The molecule has 4 aliphatic rings. The molecule has 0 spiro atoms. The lowest BCUT2D eigenvalue weighted by molar-refractivity contribution is -0.134. The first-order valence-electron chi connectivity index (χ1n) is 11.4. The third-order valence-corrected chi connectivity index (χ3v) is 8.95. The minimum absolute atomic E-state index is 0.124. The van der Waals surface area contributed by atoms with Gasteiger partial charge in [-0.25, -0.2) is 4.39 Å². The van der Waals surface area contributed by atoms with Crippen LogP contribution in [0.4, 0.5) is 10.1 Å². The van der Waals surface area contributed by atoms with Crippen LogP contribution in [-0.2, 0) is 21.4 Å². The first-order chi connectivity index (χ1) is 16.8. The van der Waals surface area contributed by atoms with Gasteiger partial charge in [0.2, 0.25) is 0 Å². The van der Waals surface area contributed by atoms with Crippen LogP contribution in [0.15, 0.2) is 63.1 Å². The third-order valence-electron chi connectivity index (χ3n) is 7.64. The van der Waals surface area contributed by atoms with Gasteiger partial charge in [0, 0.05) is 18.5 Å². The number of aliphatic hydroxyl groups is 1. The van der Waals surface area contributed by atoms with Gasteiger partial charge in [-0.05, 0) is 67.0 Å². The summed E-state index contributed by atoms with van der Waals surface area (Å²) >= 11 is 0. The molecule has 2 aromatic rings. The van der Waals surface area contributed by atoms with Crippen LogP contribution in [0.5, 0.6) is 0 Å². The van der Waals surface area contributed by atoms with E-state index in [0.717, 1.165) is 24.8 Å². The van der Waals surface area contributed by atoms with Crippen molar-refractivity contribution < 1.29 is 22.7 Å². The molecule has 178 valence electrons. The van der Waals surface area contributed by atoms with Gasteiger partial charge in [-0.3, -0.25) is 4.79 Å². The van der Waals surface area contributed by atoms with Gasteiger partial charge in [0.15, 0.2) is 5.84 Å². The lowest BCUT2D eigenvalue weighted by atomic mass is 9.77. The van der Waals surface area contributed by atoms with Crippen molar-refractivity contribution in [3.63, 3.8) is 0 Å². The maximum atomic E-state index is 13.8. The topological polar surface area (TPSA) is 123 Å². The number of fused-ring (bicyclic) bond motifs is 6. The van der Waals surface area contributed by atoms with Crippen molar-refractivity contribution in [2.24, 2.45) is 22.2 Å². The van der Waals surface area contributed by atoms with Crippen molar-refractivity contribution in [2.45, 2.75) is 36.7 Å². The van der Waals surface area contributed by atoms with E-state index >= 15 is 0 Å². The number of hydrogen-bond donors (Lipinski definition) is 2. The molecule has 0 saturated heterocycles. The normalized spacial score (nSPS) is 28.2. The average Bonchev–Trinajstić information content (AvgIpc) is 3.45. The fraction of sp³-hybridized carbons (Fsp3) is 0.320. The Labute approximate surface area is 201 Å². The molecule has 1 amide bonds. The standard InChI is InChI=1S/C25H21FN4O4S/c26-17-6-1-13(2-7-17)12-30-22-16-5-4-15(10-16)20(22)23(31)21(25(30)32)24-28-18-8-3-14(11-27)9-19(18)35(33,34)29-24/h1-3,6-9,15-16,20,22,31H,4-5,10,12H2,(H,28,29)/t15-,16+,20+,22-/m0/s1. The van der Waals surface area contributed by atoms with Crippen molar-refractivity contribution in [2.75, 3.05) is 5.32 Å². The van der Waals surface area contributed by atoms with Crippen LogP contribution in [0.25, 0.3) is 0 Å². The van der Waals surface area contributed by atoms with Crippen LogP contribution in [-0.4, -0.2) is 36.2 Å². The molecule has 10 heteroatoms. The number of benzene rings is 2. The average molecular weight is 493 g/mol. The highest BCUT2D eigenvalue weighted by molar-refractivity contribution is 7.90. The number of halogens is 1. The zero-order chi connectivity index (χ0) is 24.5. The minimum Gasteiger partial charge on any atom is -0.511 e. The highest BCUT2D eigenvalue weighted by atomic mass is 32.2. The van der Waals surface area contributed by atoms with E-state index in [2.05, 4.69) is 9.71 Å². The summed E-state index contributed by atoms with van der Waals surface area (Å²) in [6.45, 7) is 0.211.